The highest BCUT2D eigenvalue weighted by molar-refractivity contribution is 5.80. The molecule has 0 spiro atoms. The molecule has 0 aliphatic rings. The maximum atomic E-state index is 5.20. The van der Waals surface area contributed by atoms with Crippen molar-refractivity contribution in [2.24, 2.45) is 0 Å². The van der Waals surface area contributed by atoms with Crippen LogP contribution in [0.15, 0.2) is 34.9 Å². The highest BCUT2D eigenvalue weighted by atomic mass is 16.3. The number of aryl methyl sites for hydroxylation is 1. The molecule has 0 aliphatic heterocycles. The van der Waals surface area contributed by atoms with Crippen molar-refractivity contribution in [3.63, 3.8) is 0 Å². The van der Waals surface area contributed by atoms with E-state index in [-0.39, 0.29) is 7.43 Å². The molecule has 0 amide bonds. The maximum Gasteiger partial charge on any atom is 0.134 e. The van der Waals surface area contributed by atoms with Gasteiger partial charge in [0, 0.05) is 5.39 Å². The van der Waals surface area contributed by atoms with E-state index in [1.807, 2.05) is 18.2 Å². The standard InChI is InChI=1S/C9H8O.CH4/c1-7-3-2-4-9-8(7)5-6-10-9;/h2-6H,1H3;1H4. The Bertz CT molecular complexity index is 346. The van der Waals surface area contributed by atoms with Crippen molar-refractivity contribution in [2.45, 2.75) is 14.4 Å². The van der Waals surface area contributed by atoms with Gasteiger partial charge in [0.2, 0.25) is 0 Å². The minimum absolute atomic E-state index is 0. The van der Waals surface area contributed by atoms with Crippen molar-refractivity contribution in [1.82, 2.24) is 0 Å². The number of benzene rings is 1. The second kappa shape index (κ2) is 2.79. The van der Waals surface area contributed by atoms with E-state index in [0.717, 1.165) is 5.58 Å². The average molecular weight is 148 g/mol. The van der Waals surface area contributed by atoms with Gasteiger partial charge in [-0.2, -0.15) is 0 Å². The molecule has 0 aliphatic carbocycles. The molecule has 0 saturated carbocycles. The van der Waals surface area contributed by atoms with Crippen LogP contribution in [0, 0.1) is 6.92 Å². The van der Waals surface area contributed by atoms with E-state index in [1.54, 1.807) is 6.26 Å². The van der Waals surface area contributed by atoms with E-state index in [4.69, 9.17) is 4.42 Å². The third-order valence-corrected chi connectivity index (χ3v) is 1.71. The molecule has 2 aromatic rings. The topological polar surface area (TPSA) is 13.1 Å². The van der Waals surface area contributed by atoms with Crippen molar-refractivity contribution in [1.29, 1.82) is 0 Å². The Morgan fingerprint density at radius 3 is 2.73 bits per heavy atom. The summed E-state index contributed by atoms with van der Waals surface area (Å²) in [6.45, 7) is 2.08. The third kappa shape index (κ3) is 1.14. The lowest BCUT2D eigenvalue weighted by atomic mass is 10.1. The van der Waals surface area contributed by atoms with Crippen LogP contribution in [0.1, 0.15) is 13.0 Å². The van der Waals surface area contributed by atoms with Crippen LogP contribution >= 0.6 is 0 Å². The first-order valence-corrected chi connectivity index (χ1v) is 3.31. The normalized spacial score (nSPS) is 9.55. The van der Waals surface area contributed by atoms with E-state index in [1.165, 1.54) is 10.9 Å². The molecule has 0 radical (unpaired) electrons. The summed E-state index contributed by atoms with van der Waals surface area (Å²) in [6, 6.07) is 8.05. The Morgan fingerprint density at radius 1 is 1.18 bits per heavy atom. The van der Waals surface area contributed by atoms with Crippen LogP contribution in [0.2, 0.25) is 0 Å². The van der Waals surface area contributed by atoms with Gasteiger partial charge in [0.15, 0.2) is 0 Å². The molecule has 0 N–H and O–H groups in total. The van der Waals surface area contributed by atoms with Crippen LogP contribution < -0.4 is 0 Å². The molecule has 2 rings (SSSR count). The first kappa shape index (κ1) is 7.86. The number of fused-ring (bicyclic) bond motifs is 1. The summed E-state index contributed by atoms with van der Waals surface area (Å²) in [5, 5.41) is 1.21. The number of rotatable bonds is 0. The molecule has 1 aromatic heterocycles. The van der Waals surface area contributed by atoms with Crippen molar-refractivity contribution < 1.29 is 4.42 Å². The Morgan fingerprint density at radius 2 is 2.00 bits per heavy atom. The zero-order chi connectivity index (χ0) is 6.97. The minimum atomic E-state index is 0. The molecule has 58 valence electrons. The predicted molar refractivity (Wildman–Crippen MR) is 47.7 cm³/mol. The summed E-state index contributed by atoms with van der Waals surface area (Å²) in [4.78, 5) is 0. The Kier molecular flexibility index (Phi) is 1.99. The fourth-order valence-electron chi connectivity index (χ4n) is 1.15. The fraction of sp³-hybridized carbons (Fsp3) is 0.200. The van der Waals surface area contributed by atoms with Gasteiger partial charge in [-0.05, 0) is 24.6 Å². The first-order chi connectivity index (χ1) is 4.88. The van der Waals surface area contributed by atoms with Gasteiger partial charge in [-0.1, -0.05) is 19.6 Å². The quantitative estimate of drug-likeness (QED) is 0.558. The number of hydrogen-bond acceptors (Lipinski definition) is 1. The summed E-state index contributed by atoms with van der Waals surface area (Å²) < 4.78 is 5.20. The van der Waals surface area contributed by atoms with Crippen LogP contribution in [-0.4, -0.2) is 0 Å². The third-order valence-electron chi connectivity index (χ3n) is 1.71. The number of hydrogen-bond donors (Lipinski definition) is 0. The van der Waals surface area contributed by atoms with Gasteiger partial charge in [-0.3, -0.25) is 0 Å². The van der Waals surface area contributed by atoms with Gasteiger partial charge < -0.3 is 4.42 Å². The lowest BCUT2D eigenvalue weighted by Crippen LogP contribution is -1.69. The van der Waals surface area contributed by atoms with Crippen molar-refractivity contribution in [3.05, 3.63) is 36.1 Å². The van der Waals surface area contributed by atoms with Crippen LogP contribution in [0.4, 0.5) is 0 Å². The van der Waals surface area contributed by atoms with E-state index < -0.39 is 0 Å². The highest BCUT2D eigenvalue weighted by Gasteiger charge is 1.96. The predicted octanol–water partition coefficient (Wildman–Crippen LogP) is 3.38. The lowest BCUT2D eigenvalue weighted by Gasteiger charge is -1.90. The van der Waals surface area contributed by atoms with Gasteiger partial charge >= 0.3 is 0 Å². The maximum absolute atomic E-state index is 5.20. The van der Waals surface area contributed by atoms with Crippen molar-refractivity contribution >= 4 is 11.0 Å². The summed E-state index contributed by atoms with van der Waals surface area (Å²) in [7, 11) is 0. The van der Waals surface area contributed by atoms with E-state index >= 15 is 0 Å². The summed E-state index contributed by atoms with van der Waals surface area (Å²) in [6.07, 6.45) is 1.72. The lowest BCUT2D eigenvalue weighted by molar-refractivity contribution is 0.616. The Balaban J connectivity index is 0.000000605. The molecule has 0 saturated heterocycles. The van der Waals surface area contributed by atoms with Gasteiger partial charge in [0.05, 0.1) is 6.26 Å². The SMILES string of the molecule is C.Cc1cccc2occc12. The van der Waals surface area contributed by atoms with Crippen LogP contribution in [-0.2, 0) is 0 Å². The summed E-state index contributed by atoms with van der Waals surface area (Å²) in [5.41, 5.74) is 2.24. The largest absolute Gasteiger partial charge is 0.464 e. The zero-order valence-electron chi connectivity index (χ0n) is 5.79. The molecule has 0 bridgehead atoms. The van der Waals surface area contributed by atoms with Gasteiger partial charge in [0.1, 0.15) is 5.58 Å². The Hall–Kier alpha value is -1.24. The zero-order valence-corrected chi connectivity index (χ0v) is 5.79. The van der Waals surface area contributed by atoms with Crippen LogP contribution in [0.25, 0.3) is 11.0 Å². The summed E-state index contributed by atoms with van der Waals surface area (Å²) >= 11 is 0. The smallest absolute Gasteiger partial charge is 0.134 e. The van der Waals surface area contributed by atoms with Gasteiger partial charge in [-0.15, -0.1) is 0 Å². The second-order valence-electron chi connectivity index (χ2n) is 2.41. The van der Waals surface area contributed by atoms with Gasteiger partial charge in [-0.25, -0.2) is 0 Å². The van der Waals surface area contributed by atoms with Crippen molar-refractivity contribution in [3.8, 4) is 0 Å². The molecule has 11 heavy (non-hydrogen) atoms. The molecule has 0 fully saturated rings. The molecule has 1 nitrogen and oxygen atoms in total. The van der Waals surface area contributed by atoms with Gasteiger partial charge in [0.25, 0.3) is 0 Å². The van der Waals surface area contributed by atoms with E-state index in [2.05, 4.69) is 13.0 Å². The molecule has 0 unspecified atom stereocenters. The highest BCUT2D eigenvalue weighted by Crippen LogP contribution is 2.18. The van der Waals surface area contributed by atoms with E-state index in [0.29, 0.717) is 0 Å². The molecule has 1 aromatic carbocycles. The van der Waals surface area contributed by atoms with E-state index in [9.17, 15) is 0 Å². The Labute approximate surface area is 66.6 Å². The van der Waals surface area contributed by atoms with Crippen LogP contribution in [0.5, 0.6) is 0 Å². The molecule has 1 heteroatoms. The molecule has 0 atom stereocenters. The second-order valence-corrected chi connectivity index (χ2v) is 2.41. The first-order valence-electron chi connectivity index (χ1n) is 3.31. The molecular weight excluding hydrogens is 136 g/mol. The number of furan rings is 1. The molecular formula is C10H12O. The average Bonchev–Trinajstić information content (AvgIpc) is 2.36. The molecule has 1 heterocycles. The van der Waals surface area contributed by atoms with Crippen LogP contribution in [0.3, 0.4) is 0 Å². The minimum Gasteiger partial charge on any atom is -0.464 e. The van der Waals surface area contributed by atoms with Crippen molar-refractivity contribution in [2.75, 3.05) is 0 Å². The monoisotopic (exact) mass is 148 g/mol. The summed E-state index contributed by atoms with van der Waals surface area (Å²) in [5.74, 6) is 0. The fourth-order valence-corrected chi connectivity index (χ4v) is 1.15.